The van der Waals surface area contributed by atoms with Crippen molar-refractivity contribution in [2.24, 2.45) is 0 Å². The second-order valence-electron chi connectivity index (χ2n) is 5.82. The van der Waals surface area contributed by atoms with Crippen molar-refractivity contribution in [2.75, 3.05) is 26.1 Å². The molecule has 0 fully saturated rings. The van der Waals surface area contributed by atoms with Gasteiger partial charge in [-0.2, -0.15) is 0 Å². The Hall–Kier alpha value is -3.13. The molecule has 0 aliphatic carbocycles. The van der Waals surface area contributed by atoms with Crippen LogP contribution in [0.15, 0.2) is 42.5 Å². The number of aryl methyl sites for hydroxylation is 1. The van der Waals surface area contributed by atoms with Crippen molar-refractivity contribution in [3.8, 4) is 27.8 Å². The highest BCUT2D eigenvalue weighted by Crippen LogP contribution is 2.34. The fraction of sp³-hybridized carbons (Fsp3) is 0.250. The quantitative estimate of drug-likeness (QED) is 0.620. The molecule has 3 aromatic rings. The third-order valence-corrected chi connectivity index (χ3v) is 4.89. The van der Waals surface area contributed by atoms with Gasteiger partial charge in [-0.3, -0.25) is 10.1 Å². The predicted molar refractivity (Wildman–Crippen MR) is 108 cm³/mol. The number of benzene rings is 2. The summed E-state index contributed by atoms with van der Waals surface area (Å²) in [4.78, 5) is 12.1. The third-order valence-electron chi connectivity index (χ3n) is 4.00. The van der Waals surface area contributed by atoms with Gasteiger partial charge in [0, 0.05) is 5.56 Å². The number of rotatable bonds is 8. The molecule has 2 aromatic carbocycles. The summed E-state index contributed by atoms with van der Waals surface area (Å²) in [6.07, 6.45) is 0.959. The maximum absolute atomic E-state index is 12.1. The maximum Gasteiger partial charge on any atom is 0.264 e. The Bertz CT molecular complexity index is 941. The molecule has 1 heterocycles. The average molecular weight is 399 g/mol. The molecule has 7 nitrogen and oxygen atoms in total. The second kappa shape index (κ2) is 9.18. The number of hydrogen-bond donors (Lipinski definition) is 1. The van der Waals surface area contributed by atoms with Crippen LogP contribution in [0.25, 0.3) is 10.6 Å². The van der Waals surface area contributed by atoms with E-state index in [4.69, 9.17) is 14.2 Å². The topological polar surface area (TPSA) is 82.6 Å². The van der Waals surface area contributed by atoms with Gasteiger partial charge in [-0.15, -0.1) is 10.2 Å². The van der Waals surface area contributed by atoms with Gasteiger partial charge in [0.2, 0.25) is 5.13 Å². The number of aromatic nitrogens is 2. The molecule has 3 rings (SSSR count). The van der Waals surface area contributed by atoms with E-state index in [0.29, 0.717) is 27.4 Å². The summed E-state index contributed by atoms with van der Waals surface area (Å²) >= 11 is 1.27. The highest BCUT2D eigenvalue weighted by atomic mass is 32.1. The normalized spacial score (nSPS) is 10.4. The first-order valence-corrected chi connectivity index (χ1v) is 9.52. The van der Waals surface area contributed by atoms with Gasteiger partial charge in [-0.1, -0.05) is 30.4 Å². The number of anilines is 1. The summed E-state index contributed by atoms with van der Waals surface area (Å²) in [7, 11) is 3.15. The van der Waals surface area contributed by atoms with Gasteiger partial charge >= 0.3 is 0 Å². The van der Waals surface area contributed by atoms with Crippen molar-refractivity contribution >= 4 is 22.4 Å². The number of methoxy groups -OCH3 is 2. The predicted octanol–water partition coefficient (Wildman–Crippen LogP) is 3.80. The number of nitrogens with zero attached hydrogens (tertiary/aromatic N) is 2. The molecule has 0 radical (unpaired) electrons. The lowest BCUT2D eigenvalue weighted by atomic mass is 10.2. The Kier molecular flexibility index (Phi) is 6.44. The van der Waals surface area contributed by atoms with Crippen LogP contribution in [0.1, 0.15) is 12.5 Å². The van der Waals surface area contributed by atoms with Crippen molar-refractivity contribution in [1.29, 1.82) is 0 Å². The Morgan fingerprint density at radius 1 is 1.04 bits per heavy atom. The lowest BCUT2D eigenvalue weighted by Gasteiger charge is -2.07. The molecule has 1 amide bonds. The van der Waals surface area contributed by atoms with Gasteiger partial charge < -0.3 is 14.2 Å². The van der Waals surface area contributed by atoms with Gasteiger partial charge in [0.25, 0.3) is 5.91 Å². The van der Waals surface area contributed by atoms with Gasteiger partial charge in [-0.05, 0) is 42.3 Å². The van der Waals surface area contributed by atoms with E-state index < -0.39 is 0 Å². The van der Waals surface area contributed by atoms with Crippen LogP contribution in [0.5, 0.6) is 17.2 Å². The summed E-state index contributed by atoms with van der Waals surface area (Å²) in [6.45, 7) is 1.98. The molecule has 0 atom stereocenters. The van der Waals surface area contributed by atoms with E-state index in [2.05, 4.69) is 22.4 Å². The zero-order chi connectivity index (χ0) is 19.9. The largest absolute Gasteiger partial charge is 0.493 e. The zero-order valence-corrected chi connectivity index (χ0v) is 16.7. The molecule has 0 aliphatic rings. The second-order valence-corrected chi connectivity index (χ2v) is 6.79. The van der Waals surface area contributed by atoms with E-state index in [0.717, 1.165) is 12.0 Å². The van der Waals surface area contributed by atoms with Crippen LogP contribution in [0.2, 0.25) is 0 Å². The van der Waals surface area contributed by atoms with Crippen LogP contribution in [0, 0.1) is 0 Å². The molecule has 0 bridgehead atoms. The van der Waals surface area contributed by atoms with Crippen LogP contribution in [0.3, 0.4) is 0 Å². The molecule has 1 aromatic heterocycles. The van der Waals surface area contributed by atoms with E-state index in [1.54, 1.807) is 20.3 Å². The summed E-state index contributed by atoms with van der Waals surface area (Å²) in [5.41, 5.74) is 2.04. The first-order chi connectivity index (χ1) is 13.6. The van der Waals surface area contributed by atoms with Crippen LogP contribution in [0.4, 0.5) is 5.13 Å². The van der Waals surface area contributed by atoms with Crippen LogP contribution in [-0.4, -0.2) is 36.9 Å². The first-order valence-electron chi connectivity index (χ1n) is 8.70. The highest BCUT2D eigenvalue weighted by molar-refractivity contribution is 7.18. The van der Waals surface area contributed by atoms with E-state index in [-0.39, 0.29) is 12.5 Å². The summed E-state index contributed by atoms with van der Waals surface area (Å²) < 4.78 is 16.0. The van der Waals surface area contributed by atoms with E-state index in [1.807, 2.05) is 36.4 Å². The van der Waals surface area contributed by atoms with Crippen LogP contribution < -0.4 is 19.5 Å². The molecule has 28 heavy (non-hydrogen) atoms. The molecule has 0 saturated carbocycles. The van der Waals surface area contributed by atoms with Crippen molar-refractivity contribution in [3.05, 3.63) is 48.0 Å². The van der Waals surface area contributed by atoms with Crippen molar-refractivity contribution in [2.45, 2.75) is 13.3 Å². The first kappa shape index (κ1) is 19.6. The standard InChI is InChI=1S/C20H21N3O4S/c1-4-13-5-8-15(9-6-13)27-12-18(24)21-20-23-22-19(28-20)14-7-10-16(25-2)17(11-14)26-3/h5-11H,4,12H2,1-3H3,(H,21,23,24). The number of amides is 1. The molecule has 0 unspecified atom stereocenters. The Morgan fingerprint density at radius 3 is 2.46 bits per heavy atom. The molecule has 146 valence electrons. The Labute approximate surface area is 167 Å². The van der Waals surface area contributed by atoms with Gasteiger partial charge in [-0.25, -0.2) is 0 Å². The molecular formula is C20H21N3O4S. The summed E-state index contributed by atoms with van der Waals surface area (Å²) in [6, 6.07) is 13.1. The van der Waals surface area contributed by atoms with Gasteiger partial charge in [0.1, 0.15) is 10.8 Å². The lowest BCUT2D eigenvalue weighted by Crippen LogP contribution is -2.20. The number of ether oxygens (including phenoxy) is 3. The minimum Gasteiger partial charge on any atom is -0.493 e. The van der Waals surface area contributed by atoms with Crippen LogP contribution >= 0.6 is 11.3 Å². The van der Waals surface area contributed by atoms with Crippen molar-refractivity contribution < 1.29 is 19.0 Å². The smallest absolute Gasteiger partial charge is 0.264 e. The summed E-state index contributed by atoms with van der Waals surface area (Å²) in [5.74, 6) is 1.59. The maximum atomic E-state index is 12.1. The number of nitrogens with one attached hydrogen (secondary N) is 1. The highest BCUT2D eigenvalue weighted by Gasteiger charge is 2.13. The number of carbonyl (C=O) groups excluding carboxylic acids is 1. The Balaban J connectivity index is 1.60. The molecule has 0 saturated heterocycles. The molecule has 0 spiro atoms. The monoisotopic (exact) mass is 399 g/mol. The van der Waals surface area contributed by atoms with E-state index in [9.17, 15) is 4.79 Å². The lowest BCUT2D eigenvalue weighted by molar-refractivity contribution is -0.118. The minimum atomic E-state index is -0.297. The van der Waals surface area contributed by atoms with Crippen molar-refractivity contribution in [3.63, 3.8) is 0 Å². The fourth-order valence-electron chi connectivity index (χ4n) is 2.49. The zero-order valence-electron chi connectivity index (χ0n) is 15.9. The minimum absolute atomic E-state index is 0.100. The molecule has 1 N–H and O–H groups in total. The van der Waals surface area contributed by atoms with Gasteiger partial charge in [0.05, 0.1) is 14.2 Å². The number of hydrogen-bond acceptors (Lipinski definition) is 7. The fourth-order valence-corrected chi connectivity index (χ4v) is 3.24. The van der Waals surface area contributed by atoms with E-state index >= 15 is 0 Å². The Morgan fingerprint density at radius 2 is 1.79 bits per heavy atom. The van der Waals surface area contributed by atoms with E-state index in [1.165, 1.54) is 16.9 Å². The molecular weight excluding hydrogens is 378 g/mol. The third kappa shape index (κ3) is 4.77. The number of carbonyl (C=O) groups is 1. The average Bonchev–Trinajstić information content (AvgIpc) is 3.20. The molecule has 8 heteroatoms. The molecule has 0 aliphatic heterocycles. The van der Waals surface area contributed by atoms with Gasteiger partial charge in [0.15, 0.2) is 18.1 Å². The van der Waals surface area contributed by atoms with Crippen molar-refractivity contribution in [1.82, 2.24) is 10.2 Å². The SMILES string of the molecule is CCc1ccc(OCC(=O)Nc2nnc(-c3ccc(OC)c(OC)c3)s2)cc1. The summed E-state index contributed by atoms with van der Waals surface area (Å²) in [5, 5.41) is 11.9. The van der Waals surface area contributed by atoms with Crippen LogP contribution in [-0.2, 0) is 11.2 Å².